The highest BCUT2D eigenvalue weighted by Gasteiger charge is 2.70. The fraction of sp³-hybridized carbons (Fsp3) is 0.333. The fourth-order valence-electron chi connectivity index (χ4n) is 8.20. The number of likely N-dealkylation sites (tertiary alicyclic amines) is 1. The predicted molar refractivity (Wildman–Crippen MR) is 166 cm³/mol. The molecule has 9 nitrogen and oxygen atoms in total. The molecule has 3 fully saturated rings. The molecule has 9 heteroatoms. The Kier molecular flexibility index (Phi) is 7.08. The third-order valence-corrected chi connectivity index (χ3v) is 10.2. The predicted octanol–water partition coefficient (Wildman–Crippen LogP) is 3.98. The van der Waals surface area contributed by atoms with Crippen LogP contribution in [0.1, 0.15) is 35.4 Å². The van der Waals surface area contributed by atoms with Crippen molar-refractivity contribution in [1.29, 1.82) is 0 Å². The van der Waals surface area contributed by atoms with Crippen molar-refractivity contribution in [2.45, 2.75) is 31.1 Å². The largest absolute Gasteiger partial charge is 0.491 e. The number of aryl methyl sites for hydroxylation is 1. The Morgan fingerprint density at radius 1 is 0.889 bits per heavy atom. The van der Waals surface area contributed by atoms with Crippen LogP contribution in [-0.2, 0) is 24.6 Å². The molecule has 0 bridgehead atoms. The molecule has 0 spiro atoms. The van der Waals surface area contributed by atoms with Crippen LogP contribution in [0.25, 0.3) is 0 Å². The number of allylic oxidation sites excluding steroid dienone is 2. The molecule has 2 aliphatic heterocycles. The quantitative estimate of drug-likeness (QED) is 0.309. The number of rotatable bonds is 7. The number of nitrogens with zero attached hydrogens (tertiary/aromatic N) is 2. The Hall–Kier alpha value is -4.76. The molecule has 2 heterocycles. The van der Waals surface area contributed by atoms with Crippen molar-refractivity contribution < 1.29 is 29.0 Å². The van der Waals surface area contributed by atoms with Crippen LogP contribution in [0.4, 0.5) is 5.69 Å². The number of nitrogens with one attached hydrogen (secondary N) is 1. The van der Waals surface area contributed by atoms with Gasteiger partial charge in [-0.1, -0.05) is 71.8 Å². The molecule has 6 unspecified atom stereocenters. The Morgan fingerprint density at radius 2 is 1.60 bits per heavy atom. The highest BCUT2D eigenvalue weighted by molar-refractivity contribution is 6.13. The minimum Gasteiger partial charge on any atom is -0.491 e. The van der Waals surface area contributed by atoms with E-state index in [1.807, 2.05) is 79.7 Å². The van der Waals surface area contributed by atoms with E-state index in [0.717, 1.165) is 27.3 Å². The molecule has 2 N–H and O–H groups in total. The van der Waals surface area contributed by atoms with Crippen LogP contribution < -0.4 is 10.2 Å². The topological polar surface area (TPSA) is 116 Å². The van der Waals surface area contributed by atoms with Gasteiger partial charge in [0.2, 0.25) is 11.8 Å². The summed E-state index contributed by atoms with van der Waals surface area (Å²) >= 11 is 0. The number of imide groups is 2. The van der Waals surface area contributed by atoms with Crippen LogP contribution in [0.3, 0.4) is 0 Å². The second kappa shape index (κ2) is 11.0. The number of anilines is 1. The maximum atomic E-state index is 15.0. The summed E-state index contributed by atoms with van der Waals surface area (Å²) < 4.78 is 5.63. The second-order valence-corrected chi connectivity index (χ2v) is 12.5. The zero-order valence-corrected chi connectivity index (χ0v) is 25.2. The van der Waals surface area contributed by atoms with Crippen molar-refractivity contribution in [3.05, 3.63) is 107 Å². The maximum absolute atomic E-state index is 15.0. The van der Waals surface area contributed by atoms with E-state index < -0.39 is 35.0 Å². The maximum Gasteiger partial charge on any atom is 0.260 e. The summed E-state index contributed by atoms with van der Waals surface area (Å²) in [6, 6.07) is 24.3. The lowest BCUT2D eigenvalue weighted by Crippen LogP contribution is -2.53. The molecule has 3 aromatic carbocycles. The van der Waals surface area contributed by atoms with E-state index in [1.54, 1.807) is 12.1 Å². The number of amides is 4. The summed E-state index contributed by atoms with van der Waals surface area (Å²) in [7, 11) is 1.53. The lowest BCUT2D eigenvalue weighted by atomic mass is 9.49. The van der Waals surface area contributed by atoms with Gasteiger partial charge in [-0.05, 0) is 61.1 Å². The van der Waals surface area contributed by atoms with Crippen molar-refractivity contribution in [3.63, 3.8) is 0 Å². The van der Waals surface area contributed by atoms with Gasteiger partial charge in [-0.15, -0.1) is 0 Å². The van der Waals surface area contributed by atoms with Gasteiger partial charge in [-0.25, -0.2) is 0 Å². The molecule has 2 saturated heterocycles. The first kappa shape index (κ1) is 29.0. The van der Waals surface area contributed by atoms with Gasteiger partial charge in [0.15, 0.2) is 0 Å². The molecule has 45 heavy (non-hydrogen) atoms. The summed E-state index contributed by atoms with van der Waals surface area (Å²) in [4.78, 5) is 57.5. The number of hydrogen-bond donors (Lipinski definition) is 2. The molecule has 0 aromatic heterocycles. The second-order valence-electron chi connectivity index (χ2n) is 12.5. The lowest BCUT2D eigenvalue weighted by molar-refractivity contribution is -0.140. The number of hydrogen-bond acceptors (Lipinski definition) is 7. The number of carbonyl (C=O) groups excluding carboxylic acids is 4. The first-order valence-electron chi connectivity index (χ1n) is 15.4. The molecular weight excluding hydrogens is 570 g/mol. The van der Waals surface area contributed by atoms with Crippen LogP contribution in [-0.4, -0.2) is 58.9 Å². The van der Waals surface area contributed by atoms with Gasteiger partial charge in [0.1, 0.15) is 12.4 Å². The molecule has 4 aliphatic rings. The number of benzene rings is 3. The van der Waals surface area contributed by atoms with Gasteiger partial charge in [0.05, 0.1) is 35.5 Å². The van der Waals surface area contributed by atoms with Crippen molar-refractivity contribution in [2.24, 2.45) is 23.7 Å². The number of aliphatic hydroxyl groups excluding tert-OH is 1. The van der Waals surface area contributed by atoms with Gasteiger partial charge >= 0.3 is 0 Å². The first-order valence-corrected chi connectivity index (χ1v) is 15.4. The van der Waals surface area contributed by atoms with Gasteiger partial charge < -0.3 is 9.84 Å². The monoisotopic (exact) mass is 605 g/mol. The summed E-state index contributed by atoms with van der Waals surface area (Å²) in [5.74, 6) is -3.43. The van der Waals surface area contributed by atoms with E-state index in [4.69, 9.17) is 4.74 Å². The summed E-state index contributed by atoms with van der Waals surface area (Å²) in [5.41, 5.74) is 5.90. The van der Waals surface area contributed by atoms with Crippen LogP contribution in [0.2, 0.25) is 0 Å². The zero-order valence-electron chi connectivity index (χ0n) is 25.2. The Bertz CT molecular complexity index is 1700. The lowest BCUT2D eigenvalue weighted by Gasteiger charge is -2.50. The van der Waals surface area contributed by atoms with Gasteiger partial charge in [0.25, 0.3) is 11.8 Å². The van der Waals surface area contributed by atoms with E-state index in [-0.39, 0.29) is 43.3 Å². The van der Waals surface area contributed by atoms with Crippen LogP contribution >= 0.6 is 0 Å². The van der Waals surface area contributed by atoms with E-state index >= 15 is 4.79 Å². The highest BCUT2D eigenvalue weighted by atomic mass is 16.5. The molecule has 230 valence electrons. The third kappa shape index (κ3) is 4.32. The Morgan fingerprint density at radius 3 is 2.29 bits per heavy atom. The SMILES string of the molecule is Cc1ccc(NN2C(=O)C3CC4C(=CCC5C(=O)N(C)C(=O)C54)C(c4ccc(OCCO)cc4)C3(c3ccccc3)C2=O)cc1. The standard InChI is InChI=1S/C36H35N3O6/c1-21-8-12-24(13-9-21)37-39-33(42)29-20-28-26(16-17-27-30(28)34(43)38(2)32(27)41)31(22-10-14-25(15-11-22)45-19-18-40)36(29,35(39)44)23-6-4-3-5-7-23/h3-16,27-31,37,40H,17-20H2,1-2H3. The Labute approximate surface area is 261 Å². The van der Waals surface area contributed by atoms with Gasteiger partial charge in [-0.2, -0.15) is 5.01 Å². The summed E-state index contributed by atoms with van der Waals surface area (Å²) in [6.45, 7) is 1.99. The van der Waals surface area contributed by atoms with E-state index in [0.29, 0.717) is 17.9 Å². The molecule has 7 rings (SSSR count). The van der Waals surface area contributed by atoms with Crippen molar-refractivity contribution >= 4 is 29.3 Å². The van der Waals surface area contributed by atoms with Gasteiger partial charge in [-0.3, -0.25) is 29.5 Å². The molecule has 4 amide bonds. The third-order valence-electron chi connectivity index (χ3n) is 10.2. The molecular formula is C36H35N3O6. The Balaban J connectivity index is 1.43. The zero-order chi connectivity index (χ0) is 31.5. The van der Waals surface area contributed by atoms with Crippen molar-refractivity contribution in [1.82, 2.24) is 9.91 Å². The summed E-state index contributed by atoms with van der Waals surface area (Å²) in [6.07, 6.45) is 2.70. The van der Waals surface area contributed by atoms with E-state index in [9.17, 15) is 19.5 Å². The number of aliphatic hydroxyl groups is 1. The van der Waals surface area contributed by atoms with E-state index in [1.165, 1.54) is 11.9 Å². The number of fused-ring (bicyclic) bond motifs is 4. The molecule has 6 atom stereocenters. The fourth-order valence-corrected chi connectivity index (χ4v) is 8.20. The first-order chi connectivity index (χ1) is 21.8. The minimum absolute atomic E-state index is 0.123. The average molecular weight is 606 g/mol. The van der Waals surface area contributed by atoms with Crippen LogP contribution in [0, 0.1) is 30.6 Å². The molecule has 0 radical (unpaired) electrons. The summed E-state index contributed by atoms with van der Waals surface area (Å²) in [5, 5.41) is 10.4. The average Bonchev–Trinajstić information content (AvgIpc) is 3.42. The van der Waals surface area contributed by atoms with Crippen molar-refractivity contribution in [3.8, 4) is 5.75 Å². The molecule has 1 saturated carbocycles. The van der Waals surface area contributed by atoms with E-state index in [2.05, 4.69) is 5.43 Å². The molecule has 3 aromatic rings. The number of ether oxygens (including phenoxy) is 1. The number of hydrazine groups is 1. The smallest absolute Gasteiger partial charge is 0.260 e. The van der Waals surface area contributed by atoms with Gasteiger partial charge in [0, 0.05) is 13.0 Å². The highest BCUT2D eigenvalue weighted by Crippen LogP contribution is 2.64. The van der Waals surface area contributed by atoms with Crippen molar-refractivity contribution in [2.75, 3.05) is 25.7 Å². The van der Waals surface area contributed by atoms with Crippen LogP contribution in [0.5, 0.6) is 5.75 Å². The minimum atomic E-state index is -1.31. The van der Waals surface area contributed by atoms with Crippen LogP contribution in [0.15, 0.2) is 90.5 Å². The molecule has 2 aliphatic carbocycles. The number of carbonyl (C=O) groups is 4. The normalized spacial score (nSPS) is 28.9.